The number of nitrogens with two attached hydrogens (primary N) is 1. The number of halogens is 7. The number of aromatic nitrogens is 4. The number of amides is 5. The van der Waals surface area contributed by atoms with Gasteiger partial charge in [-0.25, -0.2) is 23.2 Å². The van der Waals surface area contributed by atoms with Crippen molar-refractivity contribution in [2.45, 2.75) is 99.8 Å². The summed E-state index contributed by atoms with van der Waals surface area (Å²) in [5, 5.41) is 21.6. The van der Waals surface area contributed by atoms with Gasteiger partial charge in [0.1, 0.15) is 59.9 Å². The molecule has 24 nitrogen and oxygen atoms in total. The van der Waals surface area contributed by atoms with Gasteiger partial charge in [0.2, 0.25) is 5.91 Å². The third kappa shape index (κ3) is 22.1. The van der Waals surface area contributed by atoms with E-state index in [0.717, 1.165) is 166 Å². The highest BCUT2D eigenvalue weighted by Gasteiger charge is 2.44. The van der Waals surface area contributed by atoms with Gasteiger partial charge in [-0.1, -0.05) is 119 Å². The van der Waals surface area contributed by atoms with Crippen LogP contribution in [0.15, 0.2) is 243 Å². The van der Waals surface area contributed by atoms with E-state index >= 15 is 0 Å². The lowest BCUT2D eigenvalue weighted by Gasteiger charge is -2.38. The molecular weight excluding hydrogens is 1950 g/mol. The number of thioether (sulfide) groups is 1. The molecule has 0 saturated carbocycles. The number of esters is 1. The fourth-order valence-corrected chi connectivity index (χ4v) is 22.4. The number of carbonyl (C=O) groups is 5. The van der Waals surface area contributed by atoms with E-state index in [1.807, 2.05) is 145 Å². The van der Waals surface area contributed by atoms with E-state index in [1.54, 1.807) is 91.6 Å². The molecule has 0 aliphatic carbocycles. The molecule has 7 atom stereocenters. The Morgan fingerprint density at radius 3 is 1.32 bits per heavy atom. The largest absolute Gasteiger partial charge is 0.497 e. The summed E-state index contributed by atoms with van der Waals surface area (Å²) in [6, 6.07) is 72.4. The molecule has 6 aliphatic rings. The minimum Gasteiger partial charge on any atom is -0.497 e. The van der Waals surface area contributed by atoms with Gasteiger partial charge in [-0.3, -0.25) is 19.4 Å². The van der Waals surface area contributed by atoms with Gasteiger partial charge < -0.3 is 85.2 Å². The number of primary amides is 1. The smallest absolute Gasteiger partial charge is 0.416 e. The van der Waals surface area contributed by atoms with E-state index in [4.69, 9.17) is 117 Å². The van der Waals surface area contributed by atoms with Crippen LogP contribution in [-0.2, 0) is 40.0 Å². The Bertz CT molecular complexity index is 7170. The quantitative estimate of drug-likeness (QED) is 0.0148. The monoisotopic (exact) mass is 2050 g/mol. The number of nitrogens with zero attached hydrogens (tertiary/aromatic N) is 4. The predicted octanol–water partition coefficient (Wildman–Crippen LogP) is 23.9. The summed E-state index contributed by atoms with van der Waals surface area (Å²) < 4.78 is 60.0. The first-order chi connectivity index (χ1) is 68.4. The normalized spacial score (nSPS) is 17.5. The van der Waals surface area contributed by atoms with Crippen molar-refractivity contribution >= 4 is 190 Å². The molecule has 4 aromatic heterocycles. The maximum absolute atomic E-state index is 13.7. The van der Waals surface area contributed by atoms with Crippen LogP contribution >= 0.6 is 94.2 Å². The van der Waals surface area contributed by atoms with Crippen LogP contribution in [0.3, 0.4) is 0 Å². The Morgan fingerprint density at radius 2 is 0.872 bits per heavy atom. The number of thiocarbonyl (C=S) groups is 2. The molecule has 0 spiro atoms. The van der Waals surface area contributed by atoms with Gasteiger partial charge in [0.05, 0.1) is 45.0 Å². The molecule has 0 radical (unpaired) electrons. The Hall–Kier alpha value is -13.2. The number of hydrogen-bond donors (Lipinski definition) is 9. The van der Waals surface area contributed by atoms with Crippen LogP contribution in [0.1, 0.15) is 134 Å². The second-order valence-electron chi connectivity index (χ2n) is 34.6. The zero-order chi connectivity index (χ0) is 98.2. The summed E-state index contributed by atoms with van der Waals surface area (Å²) in [5.41, 5.74) is 23.9. The maximum Gasteiger partial charge on any atom is 0.416 e. The average molecular weight is 2050 g/mol. The number of rotatable bonds is 20. The van der Waals surface area contributed by atoms with Crippen LogP contribution < -0.4 is 45.9 Å². The summed E-state index contributed by atoms with van der Waals surface area (Å²) in [7, 11) is 3.31. The van der Waals surface area contributed by atoms with Crippen molar-refractivity contribution in [1.29, 1.82) is 0 Å². The van der Waals surface area contributed by atoms with Gasteiger partial charge in [-0.05, 0) is 302 Å². The van der Waals surface area contributed by atoms with E-state index in [9.17, 15) is 32.8 Å². The van der Waals surface area contributed by atoms with Crippen molar-refractivity contribution in [3.8, 4) is 23.0 Å². The summed E-state index contributed by atoms with van der Waals surface area (Å²) in [6.45, 7) is 4.87. The van der Waals surface area contributed by atoms with Crippen LogP contribution in [0, 0.1) is 11.6 Å². The van der Waals surface area contributed by atoms with Gasteiger partial charge >= 0.3 is 24.2 Å². The Labute approximate surface area is 851 Å². The number of carbonyl (C=O) groups excluding carboxylic acids is 5. The van der Waals surface area contributed by atoms with Crippen molar-refractivity contribution in [2.24, 2.45) is 5.73 Å². The van der Waals surface area contributed by atoms with E-state index in [0.29, 0.717) is 104 Å². The highest BCUT2D eigenvalue weighted by molar-refractivity contribution is 8.00. The van der Waals surface area contributed by atoms with Gasteiger partial charge in [-0.15, -0.1) is 0 Å². The third-order valence-electron chi connectivity index (χ3n) is 26.0. The molecule has 21 rings (SSSR count). The lowest BCUT2D eigenvalue weighted by molar-refractivity contribution is -0.144. The van der Waals surface area contributed by atoms with Crippen LogP contribution in [-0.4, -0.2) is 163 Å². The SMILES string of the molecule is CCOC(=O)N1CCc2c([nH]c3ccc(Cl)cc23)C1c1ccc(C(N)=O)cc1.COc1ccc(C2c3[nH]c4ccc(Cl)cc4c3CCN2C(=S)Nc2ccc(F)cc2)cc1.COc1ccc(C2c3[nH]c4ccc(Cl)cc4c3CCN2C(=S)Nc2cccc(F)c2)cc1.O=C1NC2CSC(CCCCC(=O)OCCOc3ccc(C4c5[nH]c6ccc(Cl)cc6c5CCN4C(=O)Oc4ccc(Cl)cc4)cc3)C2N1. The second kappa shape index (κ2) is 43.9. The van der Waals surface area contributed by atoms with Gasteiger partial charge in [0.25, 0.3) is 0 Å². The minimum absolute atomic E-state index is 0.0826. The summed E-state index contributed by atoms with van der Waals surface area (Å²) in [5.74, 6) is 2.23. The third-order valence-corrected chi connectivity index (χ3v) is 29.4. The molecule has 10 N–H and O–H groups in total. The molecule has 724 valence electrons. The molecule has 15 aromatic rings. The Balaban J connectivity index is 0.000000127. The number of benzene rings is 11. The highest BCUT2D eigenvalue weighted by Crippen LogP contribution is 2.47. The zero-order valence-electron chi connectivity index (χ0n) is 76.7. The number of unbranched alkanes of at least 4 members (excludes halogenated alkanes) is 1. The van der Waals surface area contributed by atoms with Gasteiger partial charge in [-0.2, -0.15) is 11.8 Å². The van der Waals surface area contributed by atoms with Crippen LogP contribution in [0.4, 0.5) is 34.5 Å². The van der Waals surface area contributed by atoms with E-state index < -0.39 is 18.0 Å². The number of hydrogen-bond acceptors (Lipinski definition) is 14. The number of aromatic amines is 4. The molecular formula is C107H98Cl5F2N13O11S3. The minimum atomic E-state index is -0.488. The summed E-state index contributed by atoms with van der Waals surface area (Å²) in [6.07, 6.45) is 5.10. The zero-order valence-corrected chi connectivity index (χ0v) is 82.9. The van der Waals surface area contributed by atoms with Crippen molar-refractivity contribution in [1.82, 2.24) is 50.2 Å². The lowest BCUT2D eigenvalue weighted by Crippen LogP contribution is -2.42. The summed E-state index contributed by atoms with van der Waals surface area (Å²) in [4.78, 5) is 83.4. The molecule has 2 saturated heterocycles. The van der Waals surface area contributed by atoms with Crippen LogP contribution in [0.5, 0.6) is 23.0 Å². The molecule has 7 unspecified atom stereocenters. The standard InChI is InChI=1S/C36H36Cl2N4O6S.2C25H21ClFN3OS.C21H20ClN3O3/c37-22-7-12-25(13-8-22)48-36(45)42-16-15-26-27-19-23(38)9-14-28(27)39-32(26)34(42)21-5-10-24(11-6-21)46-17-18-47-31(43)4-2-1-3-30-33-29(20-49-30)40-35(44)41-33;1-31-19-9-2-15(3-10-19)24-23-20(21-14-16(26)4-11-22(21)29-23)12-13-30(24)25(32)28-18-7-5-17(27)6-8-18;1-31-19-8-5-15(6-9-19)24-23-20(21-13-16(26)7-10-22(21)29-23)11-12-30(24)25(32)28-18-4-2-3-17(27)14-18;1-2-28-21(27)25-10-9-15-16-11-14(22)7-8-17(16)24-18(15)19(25)12-3-5-13(6-4-12)20(23)26/h5-14,19,29-30,33-34,39H,1-4,15-18,20H2,(H2,40,41,44);2-11,14,24,29H,12-13H2,1H3,(H,28,32);2-10,13-14,24,29H,11-12H2,1H3,(H,28,32);3-8,11,19,24H,2,9-10H2,1H3,(H2,23,26). The molecule has 2 fully saturated rings. The number of urea groups is 1. The first-order valence-electron chi connectivity index (χ1n) is 46.2. The molecule has 10 heterocycles. The fourth-order valence-electron chi connectivity index (χ4n) is 19.4. The Kier molecular flexibility index (Phi) is 30.5. The number of fused-ring (bicyclic) bond motifs is 13. The molecule has 141 heavy (non-hydrogen) atoms. The van der Waals surface area contributed by atoms with E-state index in [-0.39, 0.29) is 73.2 Å². The lowest BCUT2D eigenvalue weighted by atomic mass is 9.92. The fraction of sp³-hybridized carbons (Fsp3) is 0.243. The topological polar surface area (TPSA) is 291 Å². The van der Waals surface area contributed by atoms with Crippen LogP contribution in [0.2, 0.25) is 25.1 Å². The second-order valence-corrected chi connectivity index (χ2v) is 38.9. The number of H-pyrrole nitrogens is 4. The van der Waals surface area contributed by atoms with E-state index in [2.05, 4.69) is 75.3 Å². The molecule has 5 amide bonds. The van der Waals surface area contributed by atoms with Crippen molar-refractivity contribution in [3.63, 3.8) is 0 Å². The first-order valence-corrected chi connectivity index (χ1v) is 49.9. The van der Waals surface area contributed by atoms with Gasteiger partial charge in [0, 0.05) is 152 Å². The average Bonchev–Trinajstić information content (AvgIpc) is 1.64. The van der Waals surface area contributed by atoms with Crippen molar-refractivity contribution in [2.75, 3.05) is 76.6 Å². The molecule has 6 aliphatic heterocycles. The van der Waals surface area contributed by atoms with Crippen molar-refractivity contribution < 1.29 is 61.2 Å². The molecule has 0 bridgehead atoms. The number of ether oxygens (including phenoxy) is 6. The van der Waals surface area contributed by atoms with Gasteiger partial charge in [0.15, 0.2) is 10.2 Å². The highest BCUT2D eigenvalue weighted by atomic mass is 35.5. The maximum atomic E-state index is 13.7. The van der Waals surface area contributed by atoms with Crippen LogP contribution in [0.25, 0.3) is 43.6 Å². The van der Waals surface area contributed by atoms with Crippen molar-refractivity contribution in [3.05, 3.63) is 352 Å². The molecule has 11 aromatic carbocycles. The first kappa shape index (κ1) is 98.0. The number of methoxy groups -OCH3 is 2. The Morgan fingerprint density at radius 1 is 0.454 bits per heavy atom. The predicted molar refractivity (Wildman–Crippen MR) is 560 cm³/mol. The number of nitrogens with one attached hydrogen (secondary N) is 8. The van der Waals surface area contributed by atoms with E-state index in [1.165, 1.54) is 35.4 Å². The molecule has 34 heteroatoms. The number of anilines is 2. The summed E-state index contributed by atoms with van der Waals surface area (Å²) >= 11 is 44.6.